The van der Waals surface area contributed by atoms with Crippen molar-refractivity contribution >= 4 is 17.7 Å². The normalized spacial score (nSPS) is 20.5. The van der Waals surface area contributed by atoms with Gasteiger partial charge in [0.05, 0.1) is 7.11 Å². The van der Waals surface area contributed by atoms with Gasteiger partial charge in [-0.15, -0.1) is 11.8 Å². The molecule has 0 spiro atoms. The maximum Gasteiger partial charge on any atom is 0.322 e. The van der Waals surface area contributed by atoms with Crippen LogP contribution in [0.3, 0.4) is 0 Å². The lowest BCUT2D eigenvalue weighted by Crippen LogP contribution is -2.38. The first-order valence-corrected chi connectivity index (χ1v) is 6.76. The summed E-state index contributed by atoms with van der Waals surface area (Å²) in [5.41, 5.74) is 1.29. The van der Waals surface area contributed by atoms with Crippen molar-refractivity contribution in [2.75, 3.05) is 12.9 Å². The zero-order valence-corrected chi connectivity index (χ0v) is 10.9. The summed E-state index contributed by atoms with van der Waals surface area (Å²) in [6, 6.07) is 8.35. The topological polar surface area (TPSA) is 38.3 Å². The SMILES string of the molecule is COC(=O)[C@H](C)NC1CCSc2ccccc21. The summed E-state index contributed by atoms with van der Waals surface area (Å²) >= 11 is 1.88. The number of hydrogen-bond acceptors (Lipinski definition) is 4. The number of carbonyl (C=O) groups excluding carboxylic acids is 1. The van der Waals surface area contributed by atoms with E-state index >= 15 is 0 Å². The van der Waals surface area contributed by atoms with Gasteiger partial charge in [-0.1, -0.05) is 18.2 Å². The van der Waals surface area contributed by atoms with Gasteiger partial charge >= 0.3 is 5.97 Å². The molecule has 1 aromatic rings. The minimum absolute atomic E-state index is 0.208. The van der Waals surface area contributed by atoms with Gasteiger partial charge in [-0.3, -0.25) is 10.1 Å². The van der Waals surface area contributed by atoms with Crippen molar-refractivity contribution < 1.29 is 9.53 Å². The zero-order valence-electron chi connectivity index (χ0n) is 10.1. The van der Waals surface area contributed by atoms with E-state index in [0.717, 1.165) is 12.2 Å². The summed E-state index contributed by atoms with van der Waals surface area (Å²) in [6.45, 7) is 1.84. The molecule has 1 aromatic carbocycles. The number of methoxy groups -OCH3 is 1. The smallest absolute Gasteiger partial charge is 0.322 e. The first kappa shape index (κ1) is 12.5. The van der Waals surface area contributed by atoms with E-state index in [1.165, 1.54) is 17.6 Å². The third-order valence-electron chi connectivity index (χ3n) is 2.96. The molecule has 0 fully saturated rings. The largest absolute Gasteiger partial charge is 0.468 e. The molecule has 1 heterocycles. The number of benzene rings is 1. The number of hydrogen-bond donors (Lipinski definition) is 1. The molecule has 17 heavy (non-hydrogen) atoms. The molecule has 1 aliphatic heterocycles. The van der Waals surface area contributed by atoms with Gasteiger partial charge in [-0.05, 0) is 30.7 Å². The molecule has 1 unspecified atom stereocenters. The molecule has 0 amide bonds. The number of carbonyl (C=O) groups is 1. The molecule has 0 aliphatic carbocycles. The second-order valence-electron chi connectivity index (χ2n) is 4.14. The standard InChI is InChI=1S/C13H17NO2S/c1-9(13(15)16-2)14-11-7-8-17-12-6-4-3-5-10(11)12/h3-6,9,11,14H,7-8H2,1-2H3/t9-,11?/m0/s1. The van der Waals surface area contributed by atoms with E-state index in [0.29, 0.717) is 0 Å². The van der Waals surface area contributed by atoms with Gasteiger partial charge in [0.1, 0.15) is 6.04 Å². The van der Waals surface area contributed by atoms with Gasteiger partial charge in [-0.2, -0.15) is 0 Å². The monoisotopic (exact) mass is 251 g/mol. The molecule has 0 saturated carbocycles. The Balaban J connectivity index is 2.11. The average Bonchev–Trinajstić information content (AvgIpc) is 2.38. The van der Waals surface area contributed by atoms with Crippen LogP contribution in [0.25, 0.3) is 0 Å². The number of ether oxygens (including phenoxy) is 1. The van der Waals surface area contributed by atoms with Crippen LogP contribution in [0.15, 0.2) is 29.2 Å². The lowest BCUT2D eigenvalue weighted by atomic mass is 10.0. The molecule has 0 aromatic heterocycles. The van der Waals surface area contributed by atoms with Crippen LogP contribution in [0, 0.1) is 0 Å². The molecule has 2 atom stereocenters. The molecule has 0 radical (unpaired) electrons. The Morgan fingerprint density at radius 1 is 1.53 bits per heavy atom. The van der Waals surface area contributed by atoms with Crippen molar-refractivity contribution in [2.24, 2.45) is 0 Å². The van der Waals surface area contributed by atoms with Gasteiger partial charge in [-0.25, -0.2) is 0 Å². The van der Waals surface area contributed by atoms with Crippen LogP contribution in [0.2, 0.25) is 0 Å². The molecule has 0 saturated heterocycles. The van der Waals surface area contributed by atoms with Gasteiger partial charge in [0.2, 0.25) is 0 Å². The van der Waals surface area contributed by atoms with Crippen LogP contribution in [0.5, 0.6) is 0 Å². The minimum atomic E-state index is -0.263. The molecule has 2 rings (SSSR count). The van der Waals surface area contributed by atoms with Crippen LogP contribution in [0.1, 0.15) is 24.9 Å². The highest BCUT2D eigenvalue weighted by atomic mass is 32.2. The van der Waals surface area contributed by atoms with Crippen molar-refractivity contribution in [3.8, 4) is 0 Å². The lowest BCUT2D eigenvalue weighted by molar-refractivity contribution is -0.142. The number of fused-ring (bicyclic) bond motifs is 1. The molecule has 1 N–H and O–H groups in total. The number of thioether (sulfide) groups is 1. The Kier molecular flexibility index (Phi) is 4.07. The van der Waals surface area contributed by atoms with Gasteiger partial charge < -0.3 is 4.74 Å². The Hall–Kier alpha value is -1.00. The molecular weight excluding hydrogens is 234 g/mol. The first-order valence-electron chi connectivity index (χ1n) is 5.78. The summed E-state index contributed by atoms with van der Waals surface area (Å²) in [6.07, 6.45) is 1.04. The predicted molar refractivity (Wildman–Crippen MR) is 69.1 cm³/mol. The highest BCUT2D eigenvalue weighted by Gasteiger charge is 2.24. The molecule has 0 bridgehead atoms. The Morgan fingerprint density at radius 2 is 2.29 bits per heavy atom. The van der Waals surface area contributed by atoms with Crippen molar-refractivity contribution in [3.05, 3.63) is 29.8 Å². The predicted octanol–water partition coefficient (Wildman–Crippen LogP) is 2.37. The fourth-order valence-electron chi connectivity index (χ4n) is 2.06. The lowest BCUT2D eigenvalue weighted by Gasteiger charge is -2.27. The quantitative estimate of drug-likeness (QED) is 0.837. The molecule has 4 heteroatoms. The highest BCUT2D eigenvalue weighted by molar-refractivity contribution is 7.99. The minimum Gasteiger partial charge on any atom is -0.468 e. The van der Waals surface area contributed by atoms with E-state index in [-0.39, 0.29) is 18.1 Å². The van der Waals surface area contributed by atoms with Crippen LogP contribution < -0.4 is 5.32 Å². The second kappa shape index (κ2) is 5.56. The van der Waals surface area contributed by atoms with E-state index in [2.05, 4.69) is 23.5 Å². The molecule has 3 nitrogen and oxygen atoms in total. The van der Waals surface area contributed by atoms with Crippen LogP contribution >= 0.6 is 11.8 Å². The van der Waals surface area contributed by atoms with E-state index in [9.17, 15) is 4.79 Å². The maximum absolute atomic E-state index is 11.4. The summed E-state index contributed by atoms with van der Waals surface area (Å²) in [7, 11) is 1.42. The van der Waals surface area contributed by atoms with Gasteiger partial charge in [0.25, 0.3) is 0 Å². The Bertz CT molecular complexity index is 408. The van der Waals surface area contributed by atoms with E-state index < -0.39 is 0 Å². The third-order valence-corrected chi connectivity index (χ3v) is 4.09. The second-order valence-corrected chi connectivity index (χ2v) is 5.28. The van der Waals surface area contributed by atoms with Crippen molar-refractivity contribution in [1.29, 1.82) is 0 Å². The number of esters is 1. The summed E-state index contributed by atoms with van der Waals surface area (Å²) < 4.78 is 4.73. The number of nitrogens with one attached hydrogen (secondary N) is 1. The van der Waals surface area contributed by atoms with Crippen molar-refractivity contribution in [2.45, 2.75) is 30.3 Å². The first-order chi connectivity index (χ1) is 8.22. The van der Waals surface area contributed by atoms with Crippen LogP contribution in [-0.4, -0.2) is 24.9 Å². The van der Waals surface area contributed by atoms with Crippen molar-refractivity contribution in [1.82, 2.24) is 5.32 Å². The van der Waals surface area contributed by atoms with Crippen molar-refractivity contribution in [3.63, 3.8) is 0 Å². The van der Waals surface area contributed by atoms with Gasteiger partial charge in [0, 0.05) is 10.9 Å². The fraction of sp³-hybridized carbons (Fsp3) is 0.462. The maximum atomic E-state index is 11.4. The Labute approximate surface area is 106 Å². The molecule has 92 valence electrons. The van der Waals surface area contributed by atoms with E-state index in [1.807, 2.05) is 24.8 Å². The van der Waals surface area contributed by atoms with Crippen LogP contribution in [0.4, 0.5) is 0 Å². The average molecular weight is 251 g/mol. The molecular formula is C13H17NO2S. The summed E-state index contributed by atoms with van der Waals surface area (Å²) in [4.78, 5) is 12.7. The summed E-state index contributed by atoms with van der Waals surface area (Å²) in [5.74, 6) is 0.878. The number of rotatable bonds is 3. The summed E-state index contributed by atoms with van der Waals surface area (Å²) in [5, 5.41) is 3.34. The van der Waals surface area contributed by atoms with Crippen LogP contribution in [-0.2, 0) is 9.53 Å². The Morgan fingerprint density at radius 3 is 3.06 bits per heavy atom. The highest BCUT2D eigenvalue weighted by Crippen LogP contribution is 2.35. The molecule has 1 aliphatic rings. The third kappa shape index (κ3) is 2.82. The zero-order chi connectivity index (χ0) is 12.3. The van der Waals surface area contributed by atoms with E-state index in [4.69, 9.17) is 4.74 Å². The van der Waals surface area contributed by atoms with Gasteiger partial charge in [0.15, 0.2) is 0 Å². The fourth-order valence-corrected chi connectivity index (χ4v) is 3.19. The van der Waals surface area contributed by atoms with E-state index in [1.54, 1.807) is 0 Å².